The van der Waals surface area contributed by atoms with Crippen LogP contribution in [-0.4, -0.2) is 39.7 Å². The predicted octanol–water partition coefficient (Wildman–Crippen LogP) is 3.49. The van der Waals surface area contributed by atoms with Crippen molar-refractivity contribution >= 4 is 5.91 Å². The molecule has 2 aromatic carbocycles. The van der Waals surface area contributed by atoms with Crippen molar-refractivity contribution in [2.24, 2.45) is 0 Å². The highest BCUT2D eigenvalue weighted by Gasteiger charge is 2.26. The summed E-state index contributed by atoms with van der Waals surface area (Å²) in [4.78, 5) is 15.4. The number of nitrogens with one attached hydrogen (secondary N) is 1. The van der Waals surface area contributed by atoms with Crippen LogP contribution in [0, 0.1) is 13.8 Å². The monoisotopic (exact) mass is 374 g/mol. The Kier molecular flexibility index (Phi) is 5.26. The van der Waals surface area contributed by atoms with E-state index in [1.807, 2.05) is 54.9 Å². The van der Waals surface area contributed by atoms with Crippen LogP contribution in [0.1, 0.15) is 33.7 Å². The van der Waals surface area contributed by atoms with Crippen molar-refractivity contribution in [1.29, 1.82) is 0 Å². The van der Waals surface area contributed by atoms with Gasteiger partial charge in [-0.05, 0) is 38.0 Å². The molecular formula is C23H26N4O. The van der Waals surface area contributed by atoms with E-state index in [0.717, 1.165) is 43.1 Å². The van der Waals surface area contributed by atoms with Gasteiger partial charge in [0, 0.05) is 25.7 Å². The Labute approximate surface area is 166 Å². The molecular weight excluding hydrogens is 348 g/mol. The van der Waals surface area contributed by atoms with Crippen LogP contribution in [0.2, 0.25) is 0 Å². The van der Waals surface area contributed by atoms with E-state index in [4.69, 9.17) is 0 Å². The molecule has 5 heteroatoms. The van der Waals surface area contributed by atoms with Gasteiger partial charge in [0.15, 0.2) is 0 Å². The fraction of sp³-hybridized carbons (Fsp3) is 0.304. The molecule has 0 aliphatic carbocycles. The molecule has 1 aliphatic rings. The Morgan fingerprint density at radius 2 is 1.75 bits per heavy atom. The minimum atomic E-state index is -0.0243. The van der Waals surface area contributed by atoms with Gasteiger partial charge in [-0.25, -0.2) is 4.68 Å². The second-order valence-corrected chi connectivity index (χ2v) is 7.47. The normalized spacial score (nSPS) is 17.0. The van der Waals surface area contributed by atoms with Crippen molar-refractivity contribution in [2.75, 3.05) is 13.1 Å². The summed E-state index contributed by atoms with van der Waals surface area (Å²) >= 11 is 0. The Morgan fingerprint density at radius 1 is 1.07 bits per heavy atom. The van der Waals surface area contributed by atoms with Gasteiger partial charge >= 0.3 is 0 Å². The van der Waals surface area contributed by atoms with Crippen LogP contribution in [0.5, 0.6) is 0 Å². The highest BCUT2D eigenvalue weighted by atomic mass is 16.1. The van der Waals surface area contributed by atoms with Crippen LogP contribution in [0.25, 0.3) is 5.69 Å². The smallest absolute Gasteiger partial charge is 0.255 e. The molecule has 1 aliphatic heterocycles. The standard InChI is InChI=1S/C23H26N4O/c1-17-22(18(2)27(25-17)21-11-7-4-8-12-21)23(28)24-20-13-14-26(16-20)15-19-9-5-3-6-10-19/h3-12,20H,13-16H2,1-2H3,(H,24,28)/t20-/m1/s1. The number of nitrogens with zero attached hydrogens (tertiary/aromatic N) is 3. The van der Waals surface area contributed by atoms with E-state index in [1.165, 1.54) is 5.56 Å². The van der Waals surface area contributed by atoms with Gasteiger partial charge in [-0.15, -0.1) is 0 Å². The first-order valence-corrected chi connectivity index (χ1v) is 9.80. The van der Waals surface area contributed by atoms with Gasteiger partial charge < -0.3 is 5.32 Å². The molecule has 0 unspecified atom stereocenters. The number of likely N-dealkylation sites (tertiary alicyclic amines) is 1. The highest BCUT2D eigenvalue weighted by molar-refractivity contribution is 5.96. The molecule has 0 radical (unpaired) electrons. The second-order valence-electron chi connectivity index (χ2n) is 7.47. The molecule has 1 atom stereocenters. The average Bonchev–Trinajstić information content (AvgIpc) is 3.26. The summed E-state index contributed by atoms with van der Waals surface area (Å²) in [7, 11) is 0. The van der Waals surface area contributed by atoms with Crippen LogP contribution >= 0.6 is 0 Å². The number of rotatable bonds is 5. The Balaban J connectivity index is 1.43. The summed E-state index contributed by atoms with van der Waals surface area (Å²) in [6.07, 6.45) is 0.976. The first kappa shape index (κ1) is 18.4. The number of benzene rings is 2. The van der Waals surface area contributed by atoms with Gasteiger partial charge in [-0.3, -0.25) is 9.69 Å². The minimum absolute atomic E-state index is 0.0243. The quantitative estimate of drug-likeness (QED) is 0.744. The first-order valence-electron chi connectivity index (χ1n) is 9.80. The third-order valence-corrected chi connectivity index (χ3v) is 5.38. The van der Waals surface area contributed by atoms with Gasteiger partial charge in [0.05, 0.1) is 22.6 Å². The van der Waals surface area contributed by atoms with Gasteiger partial charge in [0.2, 0.25) is 0 Å². The van der Waals surface area contributed by atoms with Crippen LogP contribution < -0.4 is 5.32 Å². The number of carbonyl (C=O) groups excluding carboxylic acids is 1. The maximum atomic E-state index is 13.0. The van der Waals surface area contributed by atoms with E-state index in [0.29, 0.717) is 5.56 Å². The van der Waals surface area contributed by atoms with E-state index in [-0.39, 0.29) is 11.9 Å². The topological polar surface area (TPSA) is 50.2 Å². The van der Waals surface area contributed by atoms with Crippen LogP contribution in [0.3, 0.4) is 0 Å². The maximum Gasteiger partial charge on any atom is 0.255 e. The number of aryl methyl sites for hydroxylation is 1. The van der Waals surface area contributed by atoms with E-state index >= 15 is 0 Å². The number of amides is 1. The van der Waals surface area contributed by atoms with E-state index in [9.17, 15) is 4.79 Å². The molecule has 5 nitrogen and oxygen atoms in total. The second kappa shape index (κ2) is 7.98. The summed E-state index contributed by atoms with van der Waals surface area (Å²) in [6, 6.07) is 20.6. The minimum Gasteiger partial charge on any atom is -0.348 e. The van der Waals surface area contributed by atoms with Crippen LogP contribution in [-0.2, 0) is 6.54 Å². The lowest BCUT2D eigenvalue weighted by molar-refractivity contribution is 0.0936. The molecule has 3 aromatic rings. The third kappa shape index (κ3) is 3.85. The van der Waals surface area contributed by atoms with Gasteiger partial charge in [-0.2, -0.15) is 5.10 Å². The number of aromatic nitrogens is 2. The number of para-hydroxylation sites is 1. The molecule has 1 saturated heterocycles. The van der Waals surface area contributed by atoms with Gasteiger partial charge in [-0.1, -0.05) is 48.5 Å². The lowest BCUT2D eigenvalue weighted by Crippen LogP contribution is -2.37. The van der Waals surface area contributed by atoms with Crippen molar-refractivity contribution < 1.29 is 4.79 Å². The molecule has 1 aromatic heterocycles. The molecule has 0 bridgehead atoms. The largest absolute Gasteiger partial charge is 0.348 e. The molecule has 1 amide bonds. The van der Waals surface area contributed by atoms with E-state index in [1.54, 1.807) is 0 Å². The Bertz CT molecular complexity index is 949. The molecule has 28 heavy (non-hydrogen) atoms. The summed E-state index contributed by atoms with van der Waals surface area (Å²) in [5, 5.41) is 7.82. The van der Waals surface area contributed by atoms with E-state index < -0.39 is 0 Å². The molecule has 0 saturated carbocycles. The fourth-order valence-electron chi connectivity index (χ4n) is 3.99. The summed E-state index contributed by atoms with van der Waals surface area (Å²) in [5.74, 6) is -0.0243. The van der Waals surface area contributed by atoms with Gasteiger partial charge in [0.1, 0.15) is 0 Å². The number of hydrogen-bond acceptors (Lipinski definition) is 3. The summed E-state index contributed by atoms with van der Waals surface area (Å²) in [5.41, 5.74) is 4.60. The van der Waals surface area contributed by atoms with Crippen molar-refractivity contribution in [3.8, 4) is 5.69 Å². The summed E-state index contributed by atoms with van der Waals surface area (Å²) in [6.45, 7) is 6.67. The molecule has 1 N–H and O–H groups in total. The molecule has 2 heterocycles. The molecule has 1 fully saturated rings. The number of carbonyl (C=O) groups is 1. The lowest BCUT2D eigenvalue weighted by atomic mass is 10.1. The lowest BCUT2D eigenvalue weighted by Gasteiger charge is -2.17. The first-order chi connectivity index (χ1) is 13.6. The zero-order valence-electron chi connectivity index (χ0n) is 16.4. The zero-order chi connectivity index (χ0) is 19.5. The molecule has 0 spiro atoms. The summed E-state index contributed by atoms with van der Waals surface area (Å²) < 4.78 is 1.85. The van der Waals surface area contributed by atoms with Crippen LogP contribution in [0.4, 0.5) is 0 Å². The van der Waals surface area contributed by atoms with E-state index in [2.05, 4.69) is 39.6 Å². The molecule has 4 rings (SSSR count). The average molecular weight is 374 g/mol. The zero-order valence-corrected chi connectivity index (χ0v) is 16.4. The van der Waals surface area contributed by atoms with Crippen LogP contribution in [0.15, 0.2) is 60.7 Å². The van der Waals surface area contributed by atoms with Gasteiger partial charge in [0.25, 0.3) is 5.91 Å². The Hall–Kier alpha value is -2.92. The Morgan fingerprint density at radius 3 is 2.46 bits per heavy atom. The number of hydrogen-bond donors (Lipinski definition) is 1. The van der Waals surface area contributed by atoms with Crippen molar-refractivity contribution in [2.45, 2.75) is 32.9 Å². The van der Waals surface area contributed by atoms with Crippen molar-refractivity contribution in [3.63, 3.8) is 0 Å². The maximum absolute atomic E-state index is 13.0. The molecule has 144 valence electrons. The fourth-order valence-corrected chi connectivity index (χ4v) is 3.99. The SMILES string of the molecule is Cc1nn(-c2ccccc2)c(C)c1C(=O)N[C@@H]1CCN(Cc2ccccc2)C1. The predicted molar refractivity (Wildman–Crippen MR) is 111 cm³/mol. The van der Waals surface area contributed by atoms with Crippen molar-refractivity contribution in [3.05, 3.63) is 83.2 Å². The van der Waals surface area contributed by atoms with Crippen molar-refractivity contribution in [1.82, 2.24) is 20.0 Å². The third-order valence-electron chi connectivity index (χ3n) is 5.38. The highest BCUT2D eigenvalue weighted by Crippen LogP contribution is 2.19.